The van der Waals surface area contributed by atoms with Gasteiger partial charge in [0, 0.05) is 18.1 Å². The van der Waals surface area contributed by atoms with E-state index in [4.69, 9.17) is 5.73 Å². The van der Waals surface area contributed by atoms with E-state index in [1.807, 2.05) is 25.1 Å². The summed E-state index contributed by atoms with van der Waals surface area (Å²) in [6.07, 6.45) is 5.11. The lowest BCUT2D eigenvalue weighted by Gasteiger charge is -2.06. The van der Waals surface area contributed by atoms with Gasteiger partial charge >= 0.3 is 0 Å². The number of nitrogens with two attached hydrogens (primary N) is 1. The molecule has 0 amide bonds. The van der Waals surface area contributed by atoms with Crippen LogP contribution in [0.5, 0.6) is 0 Å². The molecule has 0 aliphatic carbocycles. The van der Waals surface area contributed by atoms with E-state index in [0.717, 1.165) is 17.1 Å². The van der Waals surface area contributed by atoms with Gasteiger partial charge in [0.1, 0.15) is 5.82 Å². The highest BCUT2D eigenvalue weighted by molar-refractivity contribution is 5.58. The number of nitrogen functional groups attached to an aromatic ring is 1. The first-order valence-corrected chi connectivity index (χ1v) is 4.65. The normalized spacial score (nSPS) is 9.93. The number of aromatic nitrogens is 2. The van der Waals surface area contributed by atoms with Crippen molar-refractivity contribution < 1.29 is 0 Å². The smallest absolute Gasteiger partial charge is 0.130 e. The number of hydrogen-bond acceptors (Lipinski definition) is 4. The molecular formula is C11H12N4. The number of rotatable bonds is 2. The van der Waals surface area contributed by atoms with Crippen LogP contribution in [-0.4, -0.2) is 9.97 Å². The number of pyridine rings is 2. The fourth-order valence-corrected chi connectivity index (χ4v) is 1.22. The highest BCUT2D eigenvalue weighted by Crippen LogP contribution is 2.17. The molecule has 0 aliphatic rings. The summed E-state index contributed by atoms with van der Waals surface area (Å²) in [6.45, 7) is 1.95. The first-order valence-electron chi connectivity index (χ1n) is 4.65. The Morgan fingerprint density at radius 2 is 2.00 bits per heavy atom. The van der Waals surface area contributed by atoms with E-state index < -0.39 is 0 Å². The number of anilines is 3. The predicted molar refractivity (Wildman–Crippen MR) is 60.9 cm³/mol. The highest BCUT2D eigenvalue weighted by atomic mass is 15.0. The van der Waals surface area contributed by atoms with Gasteiger partial charge in [-0.05, 0) is 30.7 Å². The number of aryl methyl sites for hydroxylation is 1. The monoisotopic (exact) mass is 200 g/mol. The molecule has 2 heterocycles. The third-order valence-electron chi connectivity index (χ3n) is 2.10. The molecule has 15 heavy (non-hydrogen) atoms. The maximum atomic E-state index is 5.68. The van der Waals surface area contributed by atoms with Gasteiger partial charge in [0.15, 0.2) is 0 Å². The zero-order valence-corrected chi connectivity index (χ0v) is 8.44. The lowest BCUT2D eigenvalue weighted by atomic mass is 10.2. The van der Waals surface area contributed by atoms with Crippen LogP contribution in [0.3, 0.4) is 0 Å². The Kier molecular flexibility index (Phi) is 2.49. The fourth-order valence-electron chi connectivity index (χ4n) is 1.22. The maximum absolute atomic E-state index is 5.68. The lowest BCUT2D eigenvalue weighted by molar-refractivity contribution is 1.26. The highest BCUT2D eigenvalue weighted by Gasteiger charge is 1.98. The fraction of sp³-hybridized carbons (Fsp3) is 0.0909. The minimum atomic E-state index is 0.704. The molecule has 0 radical (unpaired) electrons. The summed E-state index contributed by atoms with van der Waals surface area (Å²) in [7, 11) is 0. The molecule has 2 aromatic rings. The zero-order valence-electron chi connectivity index (χ0n) is 8.44. The summed E-state index contributed by atoms with van der Waals surface area (Å²) < 4.78 is 0. The summed E-state index contributed by atoms with van der Waals surface area (Å²) in [5, 5.41) is 3.17. The van der Waals surface area contributed by atoms with Crippen molar-refractivity contribution in [1.82, 2.24) is 9.97 Å². The van der Waals surface area contributed by atoms with Gasteiger partial charge in [0.05, 0.1) is 11.9 Å². The van der Waals surface area contributed by atoms with Crippen molar-refractivity contribution in [3.05, 3.63) is 42.4 Å². The second kappa shape index (κ2) is 3.96. The lowest BCUT2D eigenvalue weighted by Crippen LogP contribution is -1.97. The van der Waals surface area contributed by atoms with Crippen molar-refractivity contribution in [1.29, 1.82) is 0 Å². The second-order valence-electron chi connectivity index (χ2n) is 3.29. The summed E-state index contributed by atoms with van der Waals surface area (Å²) in [5.74, 6) is 0.785. The maximum Gasteiger partial charge on any atom is 0.130 e. The van der Waals surface area contributed by atoms with Gasteiger partial charge in [-0.15, -0.1) is 0 Å². The Hall–Kier alpha value is -2.10. The SMILES string of the molecule is Cc1cc(Nc2ccncc2)ncc1N. The third kappa shape index (κ3) is 2.22. The van der Waals surface area contributed by atoms with Crippen LogP contribution >= 0.6 is 0 Å². The van der Waals surface area contributed by atoms with Crippen molar-refractivity contribution in [2.75, 3.05) is 11.1 Å². The average molecular weight is 200 g/mol. The van der Waals surface area contributed by atoms with Crippen LogP contribution in [-0.2, 0) is 0 Å². The van der Waals surface area contributed by atoms with Crippen molar-refractivity contribution in [2.45, 2.75) is 6.92 Å². The van der Waals surface area contributed by atoms with Gasteiger partial charge in [-0.3, -0.25) is 4.98 Å². The topological polar surface area (TPSA) is 63.8 Å². The molecule has 0 atom stereocenters. The van der Waals surface area contributed by atoms with Crippen LogP contribution in [0.4, 0.5) is 17.2 Å². The van der Waals surface area contributed by atoms with Crippen LogP contribution in [0.15, 0.2) is 36.8 Å². The molecule has 0 aromatic carbocycles. The van der Waals surface area contributed by atoms with Crippen LogP contribution in [0, 0.1) is 6.92 Å². The Balaban J connectivity index is 2.22. The molecule has 2 aromatic heterocycles. The van der Waals surface area contributed by atoms with Crippen LogP contribution in [0.25, 0.3) is 0 Å². The third-order valence-corrected chi connectivity index (χ3v) is 2.10. The molecule has 2 rings (SSSR count). The largest absolute Gasteiger partial charge is 0.397 e. The molecule has 0 spiro atoms. The van der Waals surface area contributed by atoms with E-state index in [-0.39, 0.29) is 0 Å². The van der Waals surface area contributed by atoms with Crippen molar-refractivity contribution >= 4 is 17.2 Å². The molecule has 0 bridgehead atoms. The Labute approximate surface area is 88.2 Å². The van der Waals surface area contributed by atoms with Gasteiger partial charge in [-0.2, -0.15) is 0 Å². The molecule has 0 aliphatic heterocycles. The summed E-state index contributed by atoms with van der Waals surface area (Å²) in [6, 6.07) is 5.68. The van der Waals surface area contributed by atoms with E-state index >= 15 is 0 Å². The van der Waals surface area contributed by atoms with Crippen LogP contribution in [0.1, 0.15) is 5.56 Å². The number of hydrogen-bond donors (Lipinski definition) is 2. The summed E-state index contributed by atoms with van der Waals surface area (Å²) in [4.78, 5) is 8.12. The van der Waals surface area contributed by atoms with E-state index in [0.29, 0.717) is 5.69 Å². The molecule has 0 unspecified atom stereocenters. The van der Waals surface area contributed by atoms with E-state index in [1.165, 1.54) is 0 Å². The number of nitrogens with zero attached hydrogens (tertiary/aromatic N) is 2. The first kappa shape index (κ1) is 9.45. The molecule has 4 nitrogen and oxygen atoms in total. The van der Waals surface area contributed by atoms with Crippen LogP contribution < -0.4 is 11.1 Å². The van der Waals surface area contributed by atoms with E-state index in [1.54, 1.807) is 18.6 Å². The van der Waals surface area contributed by atoms with Gasteiger partial charge < -0.3 is 11.1 Å². The quantitative estimate of drug-likeness (QED) is 0.779. The van der Waals surface area contributed by atoms with E-state index in [9.17, 15) is 0 Å². The van der Waals surface area contributed by atoms with E-state index in [2.05, 4.69) is 15.3 Å². The van der Waals surface area contributed by atoms with Gasteiger partial charge in [-0.25, -0.2) is 4.98 Å². The van der Waals surface area contributed by atoms with Gasteiger partial charge in [0.25, 0.3) is 0 Å². The Morgan fingerprint density at radius 1 is 1.27 bits per heavy atom. The van der Waals surface area contributed by atoms with Crippen LogP contribution in [0.2, 0.25) is 0 Å². The molecule has 3 N–H and O–H groups in total. The van der Waals surface area contributed by atoms with Crippen molar-refractivity contribution in [3.63, 3.8) is 0 Å². The molecule has 0 saturated carbocycles. The minimum absolute atomic E-state index is 0.704. The number of nitrogens with one attached hydrogen (secondary N) is 1. The molecule has 4 heteroatoms. The minimum Gasteiger partial charge on any atom is -0.397 e. The first-order chi connectivity index (χ1) is 7.25. The Bertz CT molecular complexity index is 453. The summed E-state index contributed by atoms with van der Waals surface area (Å²) in [5.41, 5.74) is 8.36. The summed E-state index contributed by atoms with van der Waals surface area (Å²) >= 11 is 0. The van der Waals surface area contributed by atoms with Crippen molar-refractivity contribution in [3.8, 4) is 0 Å². The standard InChI is InChI=1S/C11H12N4/c1-8-6-11(14-7-10(8)12)15-9-2-4-13-5-3-9/h2-7H,12H2,1H3,(H,13,14,15). The van der Waals surface area contributed by atoms with Crippen molar-refractivity contribution in [2.24, 2.45) is 0 Å². The average Bonchev–Trinajstić information content (AvgIpc) is 2.25. The second-order valence-corrected chi connectivity index (χ2v) is 3.29. The molecule has 0 saturated heterocycles. The zero-order chi connectivity index (χ0) is 10.7. The van der Waals surface area contributed by atoms with Gasteiger partial charge in [0.2, 0.25) is 0 Å². The predicted octanol–water partition coefficient (Wildman–Crippen LogP) is 2.11. The molecular weight excluding hydrogens is 188 g/mol. The molecule has 76 valence electrons. The van der Waals surface area contributed by atoms with Gasteiger partial charge in [-0.1, -0.05) is 0 Å². The molecule has 0 fully saturated rings. The Morgan fingerprint density at radius 3 is 2.67 bits per heavy atom.